The van der Waals surface area contributed by atoms with Gasteiger partial charge in [0.1, 0.15) is 5.69 Å². The molecule has 1 rings (SSSR count). The van der Waals surface area contributed by atoms with Crippen LogP contribution in [0.25, 0.3) is 0 Å². The van der Waals surface area contributed by atoms with Crippen molar-refractivity contribution in [3.05, 3.63) is 23.0 Å². The first-order valence-electron chi connectivity index (χ1n) is 4.23. The van der Waals surface area contributed by atoms with Crippen LogP contribution in [0.3, 0.4) is 0 Å². The monoisotopic (exact) mass is 212 g/mol. The second kappa shape index (κ2) is 4.66. The van der Waals surface area contributed by atoms with Crippen LogP contribution in [0, 0.1) is 11.3 Å². The summed E-state index contributed by atoms with van der Waals surface area (Å²) >= 11 is 0. The van der Waals surface area contributed by atoms with Gasteiger partial charge < -0.3 is 11.5 Å². The molecule has 0 saturated heterocycles. The van der Waals surface area contributed by atoms with E-state index < -0.39 is 12.1 Å². The molecule has 15 heavy (non-hydrogen) atoms. The number of aromatic nitrogens is 1. The van der Waals surface area contributed by atoms with Crippen molar-refractivity contribution in [2.24, 2.45) is 5.73 Å². The second-order valence-electron chi connectivity index (χ2n) is 2.91. The van der Waals surface area contributed by atoms with Gasteiger partial charge in [-0.3, -0.25) is 0 Å². The van der Waals surface area contributed by atoms with Crippen LogP contribution in [0.5, 0.6) is 0 Å². The molecular weight excluding hydrogens is 202 g/mol. The fourth-order valence-corrected chi connectivity index (χ4v) is 1.20. The summed E-state index contributed by atoms with van der Waals surface area (Å²) in [6.45, 7) is 0.0481. The van der Waals surface area contributed by atoms with E-state index in [4.69, 9.17) is 16.7 Å². The molecule has 1 aromatic rings. The zero-order valence-corrected chi connectivity index (χ0v) is 7.87. The molecule has 4 N–H and O–H groups in total. The minimum Gasteiger partial charge on any atom is -0.397 e. The van der Waals surface area contributed by atoms with E-state index in [1.54, 1.807) is 0 Å². The van der Waals surface area contributed by atoms with Gasteiger partial charge in [-0.05, 0) is 11.6 Å². The summed E-state index contributed by atoms with van der Waals surface area (Å²) in [5.74, 6) is 0. The number of alkyl halides is 2. The van der Waals surface area contributed by atoms with Gasteiger partial charge in [-0.1, -0.05) is 0 Å². The molecule has 6 heteroatoms. The Morgan fingerprint density at radius 2 is 2.20 bits per heavy atom. The quantitative estimate of drug-likeness (QED) is 0.785. The van der Waals surface area contributed by atoms with Gasteiger partial charge in [0.15, 0.2) is 0 Å². The maximum absolute atomic E-state index is 12.5. The zero-order valence-electron chi connectivity index (χ0n) is 7.87. The molecule has 0 saturated carbocycles. The molecule has 0 aliphatic carbocycles. The molecule has 0 amide bonds. The second-order valence-corrected chi connectivity index (χ2v) is 2.91. The molecule has 0 fully saturated rings. The maximum atomic E-state index is 12.5. The minimum atomic E-state index is -2.76. The van der Waals surface area contributed by atoms with Gasteiger partial charge in [-0.25, -0.2) is 13.8 Å². The van der Waals surface area contributed by atoms with Crippen molar-refractivity contribution in [2.75, 3.05) is 5.73 Å². The van der Waals surface area contributed by atoms with Crippen molar-refractivity contribution in [1.29, 1.82) is 5.26 Å². The summed E-state index contributed by atoms with van der Waals surface area (Å²) in [7, 11) is 0. The number of rotatable bonds is 3. The van der Waals surface area contributed by atoms with E-state index in [1.165, 1.54) is 6.07 Å². The predicted octanol–water partition coefficient (Wildman–Crippen LogP) is 1.13. The van der Waals surface area contributed by atoms with Gasteiger partial charge in [0.25, 0.3) is 6.43 Å². The van der Waals surface area contributed by atoms with Crippen LogP contribution >= 0.6 is 0 Å². The van der Waals surface area contributed by atoms with Crippen LogP contribution in [-0.4, -0.2) is 4.98 Å². The van der Waals surface area contributed by atoms with Crippen LogP contribution in [0.4, 0.5) is 14.5 Å². The molecule has 4 nitrogen and oxygen atoms in total. The number of pyridine rings is 1. The first kappa shape index (κ1) is 11.3. The number of nitrogens with zero attached hydrogens (tertiary/aromatic N) is 2. The fourth-order valence-electron chi connectivity index (χ4n) is 1.20. The Morgan fingerprint density at radius 3 is 2.67 bits per heavy atom. The van der Waals surface area contributed by atoms with Gasteiger partial charge in [0, 0.05) is 6.54 Å². The Morgan fingerprint density at radius 1 is 1.53 bits per heavy atom. The topological polar surface area (TPSA) is 88.7 Å². The molecule has 80 valence electrons. The number of halogens is 2. The Hall–Kier alpha value is -1.74. The molecule has 0 atom stereocenters. The van der Waals surface area contributed by atoms with E-state index in [9.17, 15) is 8.78 Å². The van der Waals surface area contributed by atoms with E-state index in [1.807, 2.05) is 6.07 Å². The van der Waals surface area contributed by atoms with E-state index >= 15 is 0 Å². The van der Waals surface area contributed by atoms with Gasteiger partial charge >= 0.3 is 0 Å². The van der Waals surface area contributed by atoms with Crippen molar-refractivity contribution in [2.45, 2.75) is 19.4 Å². The molecule has 0 aliphatic heterocycles. The first-order valence-corrected chi connectivity index (χ1v) is 4.23. The highest BCUT2D eigenvalue weighted by Crippen LogP contribution is 2.26. The standard InChI is InChI=1S/C9H10F2N4/c10-9(11)8-7(14)5(4-13)3-6(15-8)1-2-12/h3,9H,1,4,13-14H2. The summed E-state index contributed by atoms with van der Waals surface area (Å²) in [6, 6.07) is 3.31. The Balaban J connectivity index is 3.26. The number of nitrogens with two attached hydrogens (primary N) is 2. The lowest BCUT2D eigenvalue weighted by Gasteiger charge is -2.10. The van der Waals surface area contributed by atoms with Crippen LogP contribution in [-0.2, 0) is 13.0 Å². The summed E-state index contributed by atoms with van der Waals surface area (Å²) in [5, 5.41) is 8.44. The van der Waals surface area contributed by atoms with Crippen molar-refractivity contribution in [3.63, 3.8) is 0 Å². The van der Waals surface area contributed by atoms with E-state index in [-0.39, 0.29) is 24.3 Å². The Labute approximate surface area is 85.5 Å². The zero-order chi connectivity index (χ0) is 11.4. The molecule has 0 spiro atoms. The number of hydrogen-bond donors (Lipinski definition) is 2. The molecule has 1 aromatic heterocycles. The van der Waals surface area contributed by atoms with Crippen molar-refractivity contribution in [3.8, 4) is 6.07 Å². The Kier molecular flexibility index (Phi) is 3.52. The fraction of sp³-hybridized carbons (Fsp3) is 0.333. The van der Waals surface area contributed by atoms with Crippen molar-refractivity contribution in [1.82, 2.24) is 4.98 Å². The third kappa shape index (κ3) is 2.39. The third-order valence-electron chi connectivity index (χ3n) is 1.91. The highest BCUT2D eigenvalue weighted by atomic mass is 19.3. The van der Waals surface area contributed by atoms with E-state index in [2.05, 4.69) is 4.98 Å². The molecule has 0 aliphatic rings. The van der Waals surface area contributed by atoms with Crippen LogP contribution in [0.1, 0.15) is 23.4 Å². The molecule has 0 unspecified atom stereocenters. The highest BCUT2D eigenvalue weighted by molar-refractivity contribution is 5.52. The van der Waals surface area contributed by atoms with Gasteiger partial charge in [0.2, 0.25) is 0 Å². The number of nitriles is 1. The minimum absolute atomic E-state index is 0.0347. The largest absolute Gasteiger partial charge is 0.397 e. The smallest absolute Gasteiger partial charge is 0.282 e. The number of anilines is 1. The molecule has 0 aromatic carbocycles. The van der Waals surface area contributed by atoms with Gasteiger partial charge in [0.05, 0.1) is 23.9 Å². The summed E-state index contributed by atoms with van der Waals surface area (Å²) in [6.07, 6.45) is -2.79. The third-order valence-corrected chi connectivity index (χ3v) is 1.91. The van der Waals surface area contributed by atoms with Crippen LogP contribution in [0.15, 0.2) is 6.07 Å². The number of hydrogen-bond acceptors (Lipinski definition) is 4. The number of nitrogen functional groups attached to an aromatic ring is 1. The summed E-state index contributed by atoms with van der Waals surface area (Å²) in [5.41, 5.74) is 10.9. The maximum Gasteiger partial charge on any atom is 0.282 e. The van der Waals surface area contributed by atoms with E-state index in [0.29, 0.717) is 5.56 Å². The molecular formula is C9H10F2N4. The van der Waals surface area contributed by atoms with Gasteiger partial charge in [-0.15, -0.1) is 0 Å². The average Bonchev–Trinajstić information content (AvgIpc) is 2.20. The Bertz CT molecular complexity index is 398. The van der Waals surface area contributed by atoms with Crippen molar-refractivity contribution >= 4 is 5.69 Å². The normalized spacial score (nSPS) is 10.3. The first-order chi connectivity index (χ1) is 7.10. The van der Waals surface area contributed by atoms with Crippen LogP contribution < -0.4 is 11.5 Å². The van der Waals surface area contributed by atoms with Crippen LogP contribution in [0.2, 0.25) is 0 Å². The van der Waals surface area contributed by atoms with Crippen molar-refractivity contribution < 1.29 is 8.78 Å². The van der Waals surface area contributed by atoms with Gasteiger partial charge in [-0.2, -0.15) is 5.26 Å². The summed E-state index contributed by atoms with van der Waals surface area (Å²) < 4.78 is 25.0. The highest BCUT2D eigenvalue weighted by Gasteiger charge is 2.17. The average molecular weight is 212 g/mol. The SMILES string of the molecule is N#CCc1cc(CN)c(N)c(C(F)F)n1. The molecule has 0 bridgehead atoms. The summed E-state index contributed by atoms with van der Waals surface area (Å²) in [4.78, 5) is 3.62. The molecule has 0 radical (unpaired) electrons. The lowest BCUT2D eigenvalue weighted by Crippen LogP contribution is -2.09. The molecule has 1 heterocycles. The lowest BCUT2D eigenvalue weighted by atomic mass is 10.1. The van der Waals surface area contributed by atoms with E-state index in [0.717, 1.165) is 0 Å². The predicted molar refractivity (Wildman–Crippen MR) is 50.8 cm³/mol. The lowest BCUT2D eigenvalue weighted by molar-refractivity contribution is 0.146.